The summed E-state index contributed by atoms with van der Waals surface area (Å²) in [6.45, 7) is 1.000. The highest BCUT2D eigenvalue weighted by atomic mass is 16.3. The number of carbonyl (C=O) groups is 1. The molecule has 5 heteroatoms. The quantitative estimate of drug-likeness (QED) is 0.573. The Hall–Kier alpha value is -2.45. The number of hydrogen-bond donors (Lipinski definition) is 2. The smallest absolute Gasteiger partial charge is 0.182 e. The van der Waals surface area contributed by atoms with Crippen LogP contribution in [0.5, 0.6) is 5.75 Å². The van der Waals surface area contributed by atoms with Crippen LogP contribution in [0.15, 0.2) is 18.3 Å². The Labute approximate surface area is 103 Å². The average molecular weight is 242 g/mol. The first-order valence-electron chi connectivity index (χ1n) is 5.23. The molecule has 0 saturated heterocycles. The maximum Gasteiger partial charge on any atom is 0.182 e. The predicted octanol–water partition coefficient (Wildman–Crippen LogP) is 0.882. The molecule has 0 aliphatic rings. The number of carbonyl (C=O) groups excluding carboxylic acids is 1. The summed E-state index contributed by atoms with van der Waals surface area (Å²) in [6, 6.07) is 3.38. The van der Waals surface area contributed by atoms with Crippen molar-refractivity contribution in [2.24, 2.45) is 0 Å². The maximum atomic E-state index is 11.4. The summed E-state index contributed by atoms with van der Waals surface area (Å²) in [4.78, 5) is 19.4. The first-order chi connectivity index (χ1) is 8.65. The van der Waals surface area contributed by atoms with Gasteiger partial charge < -0.3 is 10.2 Å². The number of hydrogen-bond acceptors (Lipinski definition) is 5. The number of aromatic hydroxyl groups is 1. The number of aromatic nitrogens is 2. The predicted molar refractivity (Wildman–Crippen MR) is 65.2 cm³/mol. The second kappa shape index (κ2) is 4.82. The molecule has 0 unspecified atom stereocenters. The SMILES string of the molecule is CC(=O)c1nc(C#CCO)c2cccnc2c1O. The number of Topliss-reactive ketones (excluding diaryl/α,β-unsaturated/α-hetero) is 1. The van der Waals surface area contributed by atoms with Crippen LogP contribution >= 0.6 is 0 Å². The van der Waals surface area contributed by atoms with Gasteiger partial charge in [-0.1, -0.05) is 5.92 Å². The molecule has 2 rings (SSSR count). The highest BCUT2D eigenvalue weighted by Gasteiger charge is 2.15. The lowest BCUT2D eigenvalue weighted by Gasteiger charge is -2.05. The minimum atomic E-state index is -0.368. The van der Waals surface area contributed by atoms with Crippen LogP contribution in [0.4, 0.5) is 0 Å². The topological polar surface area (TPSA) is 83.3 Å². The standard InChI is InChI=1S/C13H10N2O3/c1-8(17)11-13(18)12-9(4-2-6-14-12)10(15-11)5-3-7-16/h2,4,6,16,18H,7H2,1H3. The van der Waals surface area contributed by atoms with Crippen molar-refractivity contribution in [3.05, 3.63) is 29.7 Å². The monoisotopic (exact) mass is 242 g/mol. The molecule has 0 aromatic carbocycles. The van der Waals surface area contributed by atoms with E-state index in [1.165, 1.54) is 13.1 Å². The molecule has 90 valence electrons. The summed E-state index contributed by atoms with van der Waals surface area (Å²) < 4.78 is 0. The lowest BCUT2D eigenvalue weighted by Crippen LogP contribution is -2.01. The molecule has 2 N–H and O–H groups in total. The van der Waals surface area contributed by atoms with E-state index in [0.717, 1.165) is 0 Å². The molecule has 0 amide bonds. The molecular formula is C13H10N2O3. The van der Waals surface area contributed by atoms with Crippen molar-refractivity contribution in [2.45, 2.75) is 6.92 Å². The van der Waals surface area contributed by atoms with Crippen LogP contribution in [-0.2, 0) is 0 Å². The van der Waals surface area contributed by atoms with E-state index < -0.39 is 0 Å². The van der Waals surface area contributed by atoms with E-state index in [-0.39, 0.29) is 29.4 Å². The fraction of sp³-hybridized carbons (Fsp3) is 0.154. The van der Waals surface area contributed by atoms with Gasteiger partial charge in [-0.05, 0) is 18.1 Å². The van der Waals surface area contributed by atoms with E-state index in [2.05, 4.69) is 21.8 Å². The third kappa shape index (κ3) is 2.01. The lowest BCUT2D eigenvalue weighted by atomic mass is 10.1. The number of aliphatic hydroxyl groups excluding tert-OH is 1. The maximum absolute atomic E-state index is 11.4. The molecule has 2 heterocycles. The highest BCUT2D eigenvalue weighted by Crippen LogP contribution is 2.27. The summed E-state index contributed by atoms with van der Waals surface area (Å²) in [5.74, 6) is 4.50. The van der Waals surface area contributed by atoms with Gasteiger partial charge in [0.2, 0.25) is 0 Å². The normalized spacial score (nSPS) is 9.89. The van der Waals surface area contributed by atoms with Gasteiger partial charge in [-0.3, -0.25) is 9.78 Å². The first-order valence-corrected chi connectivity index (χ1v) is 5.23. The highest BCUT2D eigenvalue weighted by molar-refractivity contribution is 6.01. The van der Waals surface area contributed by atoms with Gasteiger partial charge in [0.1, 0.15) is 17.8 Å². The van der Waals surface area contributed by atoms with Gasteiger partial charge >= 0.3 is 0 Å². The summed E-state index contributed by atoms with van der Waals surface area (Å²) in [6.07, 6.45) is 1.51. The Morgan fingerprint density at radius 2 is 2.28 bits per heavy atom. The number of fused-ring (bicyclic) bond motifs is 1. The van der Waals surface area contributed by atoms with Gasteiger partial charge in [-0.15, -0.1) is 0 Å². The zero-order chi connectivity index (χ0) is 13.1. The third-order valence-corrected chi connectivity index (χ3v) is 2.35. The molecule has 18 heavy (non-hydrogen) atoms. The fourth-order valence-electron chi connectivity index (χ4n) is 1.59. The van der Waals surface area contributed by atoms with Crippen molar-refractivity contribution < 1.29 is 15.0 Å². The van der Waals surface area contributed by atoms with Crippen molar-refractivity contribution >= 4 is 16.7 Å². The Bertz CT molecular complexity index is 684. The molecule has 0 aliphatic carbocycles. The van der Waals surface area contributed by atoms with Crippen LogP contribution in [0.3, 0.4) is 0 Å². The van der Waals surface area contributed by atoms with Crippen molar-refractivity contribution in [3.8, 4) is 17.6 Å². The Morgan fingerprint density at radius 3 is 2.94 bits per heavy atom. The Kier molecular flexibility index (Phi) is 3.22. The Balaban J connectivity index is 2.84. The second-order valence-electron chi connectivity index (χ2n) is 3.57. The van der Waals surface area contributed by atoms with Crippen LogP contribution < -0.4 is 0 Å². The minimum absolute atomic E-state index is 0.0663. The van der Waals surface area contributed by atoms with Crippen molar-refractivity contribution in [3.63, 3.8) is 0 Å². The number of rotatable bonds is 1. The van der Waals surface area contributed by atoms with Gasteiger partial charge in [-0.25, -0.2) is 4.98 Å². The molecule has 0 spiro atoms. The first kappa shape index (κ1) is 12.0. The lowest BCUT2D eigenvalue weighted by molar-refractivity contribution is 0.101. The van der Waals surface area contributed by atoms with Gasteiger partial charge in [-0.2, -0.15) is 0 Å². The van der Waals surface area contributed by atoms with E-state index in [1.54, 1.807) is 12.1 Å². The zero-order valence-corrected chi connectivity index (χ0v) is 9.64. The second-order valence-corrected chi connectivity index (χ2v) is 3.57. The largest absolute Gasteiger partial charge is 0.504 e. The summed E-state index contributed by atoms with van der Waals surface area (Å²) >= 11 is 0. The molecule has 2 aromatic rings. The van der Waals surface area contributed by atoms with Gasteiger partial charge in [0.25, 0.3) is 0 Å². The van der Waals surface area contributed by atoms with Crippen molar-refractivity contribution in [1.29, 1.82) is 0 Å². The summed E-state index contributed by atoms with van der Waals surface area (Å²) in [5, 5.41) is 19.2. The molecular weight excluding hydrogens is 232 g/mol. The van der Waals surface area contributed by atoms with Crippen LogP contribution in [-0.4, -0.2) is 32.6 Å². The van der Waals surface area contributed by atoms with E-state index in [0.29, 0.717) is 11.1 Å². The van der Waals surface area contributed by atoms with E-state index in [4.69, 9.17) is 5.11 Å². The van der Waals surface area contributed by atoms with E-state index in [1.807, 2.05) is 0 Å². The van der Waals surface area contributed by atoms with Crippen molar-refractivity contribution in [2.75, 3.05) is 6.61 Å². The average Bonchev–Trinajstić information content (AvgIpc) is 2.38. The molecule has 5 nitrogen and oxygen atoms in total. The van der Waals surface area contributed by atoms with E-state index in [9.17, 15) is 9.90 Å². The number of pyridine rings is 2. The summed E-state index contributed by atoms with van der Waals surface area (Å²) in [7, 11) is 0. The minimum Gasteiger partial charge on any atom is -0.504 e. The fourth-order valence-corrected chi connectivity index (χ4v) is 1.59. The molecule has 0 bridgehead atoms. The molecule has 0 aliphatic heterocycles. The molecule has 2 aromatic heterocycles. The molecule has 0 atom stereocenters. The van der Waals surface area contributed by atoms with Crippen LogP contribution in [0.2, 0.25) is 0 Å². The van der Waals surface area contributed by atoms with Gasteiger partial charge in [0.15, 0.2) is 17.2 Å². The van der Waals surface area contributed by atoms with Gasteiger partial charge in [0, 0.05) is 18.5 Å². The van der Waals surface area contributed by atoms with Crippen LogP contribution in [0, 0.1) is 11.8 Å². The number of nitrogens with zero attached hydrogens (tertiary/aromatic N) is 2. The van der Waals surface area contributed by atoms with Gasteiger partial charge in [0.05, 0.1) is 0 Å². The van der Waals surface area contributed by atoms with E-state index >= 15 is 0 Å². The summed E-state index contributed by atoms with van der Waals surface area (Å²) in [5.41, 5.74) is 0.526. The Morgan fingerprint density at radius 1 is 1.50 bits per heavy atom. The third-order valence-electron chi connectivity index (χ3n) is 2.35. The van der Waals surface area contributed by atoms with Crippen LogP contribution in [0.1, 0.15) is 23.1 Å². The zero-order valence-electron chi connectivity index (χ0n) is 9.64. The van der Waals surface area contributed by atoms with Crippen molar-refractivity contribution in [1.82, 2.24) is 9.97 Å². The molecule has 0 saturated carbocycles. The molecule has 0 fully saturated rings. The van der Waals surface area contributed by atoms with Crippen LogP contribution in [0.25, 0.3) is 10.9 Å². The number of aliphatic hydroxyl groups is 1. The number of ketones is 1. The molecule has 0 radical (unpaired) electrons.